The molecule has 18 heavy (non-hydrogen) atoms. The summed E-state index contributed by atoms with van der Waals surface area (Å²) in [6, 6.07) is 10.9. The van der Waals surface area contributed by atoms with Crippen LogP contribution in [0.25, 0.3) is 11.1 Å². The van der Waals surface area contributed by atoms with Crippen LogP contribution in [0.1, 0.15) is 15.9 Å². The van der Waals surface area contributed by atoms with Crippen LogP contribution in [-0.2, 0) is 5.33 Å². The van der Waals surface area contributed by atoms with Crippen LogP contribution in [0.15, 0.2) is 42.5 Å². The molecule has 2 aromatic rings. The molecule has 0 saturated heterocycles. The average Bonchev–Trinajstić information content (AvgIpc) is 2.38. The van der Waals surface area contributed by atoms with E-state index in [-0.39, 0.29) is 11.4 Å². The Morgan fingerprint density at radius 2 is 1.83 bits per heavy atom. The molecule has 0 aliphatic heterocycles. The van der Waals surface area contributed by atoms with Gasteiger partial charge >= 0.3 is 5.97 Å². The SMILES string of the molecule is O=C(O)c1ccc(CBr)cc1-c1ccc(F)cc1. The van der Waals surface area contributed by atoms with Crippen molar-refractivity contribution in [2.45, 2.75) is 5.33 Å². The number of aromatic carboxylic acids is 1. The fourth-order valence-electron chi connectivity index (χ4n) is 1.73. The first-order valence-corrected chi connectivity index (χ1v) is 6.42. The Hall–Kier alpha value is -1.68. The van der Waals surface area contributed by atoms with E-state index >= 15 is 0 Å². The van der Waals surface area contributed by atoms with Gasteiger partial charge in [-0.05, 0) is 41.0 Å². The number of alkyl halides is 1. The highest BCUT2D eigenvalue weighted by Crippen LogP contribution is 2.26. The van der Waals surface area contributed by atoms with E-state index in [0.717, 1.165) is 5.56 Å². The molecule has 0 aliphatic rings. The quantitative estimate of drug-likeness (QED) is 0.867. The number of carboxylic acids is 1. The van der Waals surface area contributed by atoms with Gasteiger partial charge in [-0.15, -0.1) is 0 Å². The lowest BCUT2D eigenvalue weighted by atomic mass is 9.97. The van der Waals surface area contributed by atoms with Gasteiger partial charge in [0.15, 0.2) is 0 Å². The third-order valence-corrected chi connectivity index (χ3v) is 3.27. The maximum atomic E-state index is 12.9. The second kappa shape index (κ2) is 5.31. The van der Waals surface area contributed by atoms with Crippen molar-refractivity contribution in [2.24, 2.45) is 0 Å². The number of hydrogen-bond donors (Lipinski definition) is 1. The highest BCUT2D eigenvalue weighted by Gasteiger charge is 2.12. The molecule has 0 radical (unpaired) electrons. The standard InChI is InChI=1S/C14H10BrFO2/c15-8-9-1-6-12(14(17)18)13(7-9)10-2-4-11(16)5-3-10/h1-7H,8H2,(H,17,18). The molecule has 2 rings (SSSR count). The van der Waals surface area contributed by atoms with Crippen molar-refractivity contribution in [3.05, 3.63) is 59.4 Å². The lowest BCUT2D eigenvalue weighted by Gasteiger charge is -2.08. The minimum Gasteiger partial charge on any atom is -0.478 e. The first-order valence-electron chi connectivity index (χ1n) is 5.30. The van der Waals surface area contributed by atoms with Gasteiger partial charge in [0.05, 0.1) is 5.56 Å². The van der Waals surface area contributed by atoms with Gasteiger partial charge in [-0.2, -0.15) is 0 Å². The maximum absolute atomic E-state index is 12.9. The number of carbonyl (C=O) groups is 1. The molecular formula is C14H10BrFO2. The first-order chi connectivity index (χ1) is 8.61. The lowest BCUT2D eigenvalue weighted by Crippen LogP contribution is -2.00. The van der Waals surface area contributed by atoms with Crippen molar-refractivity contribution in [1.82, 2.24) is 0 Å². The highest BCUT2D eigenvalue weighted by molar-refractivity contribution is 9.08. The van der Waals surface area contributed by atoms with Gasteiger partial charge in [0.1, 0.15) is 5.82 Å². The largest absolute Gasteiger partial charge is 0.478 e. The molecule has 0 saturated carbocycles. The molecule has 0 aromatic heterocycles. The minimum atomic E-state index is -0.990. The van der Waals surface area contributed by atoms with E-state index in [2.05, 4.69) is 15.9 Å². The molecule has 0 bridgehead atoms. The molecule has 0 fully saturated rings. The van der Waals surface area contributed by atoms with Crippen LogP contribution in [0.5, 0.6) is 0 Å². The van der Waals surface area contributed by atoms with Crippen molar-refractivity contribution in [1.29, 1.82) is 0 Å². The van der Waals surface area contributed by atoms with Crippen molar-refractivity contribution < 1.29 is 14.3 Å². The molecule has 0 heterocycles. The van der Waals surface area contributed by atoms with Crippen molar-refractivity contribution in [2.75, 3.05) is 0 Å². The van der Waals surface area contributed by atoms with Gasteiger partial charge in [-0.3, -0.25) is 0 Å². The molecule has 0 unspecified atom stereocenters. The van der Waals surface area contributed by atoms with Gasteiger partial charge in [-0.25, -0.2) is 9.18 Å². The summed E-state index contributed by atoms with van der Waals surface area (Å²) in [4.78, 5) is 11.2. The maximum Gasteiger partial charge on any atom is 0.336 e. The van der Waals surface area contributed by atoms with Crippen molar-refractivity contribution >= 4 is 21.9 Å². The zero-order valence-corrected chi connectivity index (χ0v) is 10.9. The molecule has 0 spiro atoms. The minimum absolute atomic E-state index is 0.214. The van der Waals surface area contributed by atoms with Gasteiger partial charge in [-0.1, -0.05) is 34.1 Å². The summed E-state index contributed by atoms with van der Waals surface area (Å²) >= 11 is 3.33. The van der Waals surface area contributed by atoms with E-state index in [0.29, 0.717) is 16.5 Å². The molecule has 0 atom stereocenters. The average molecular weight is 309 g/mol. The summed E-state index contributed by atoms with van der Waals surface area (Å²) in [5.74, 6) is -1.33. The molecule has 4 heteroatoms. The Balaban J connectivity index is 2.59. The van der Waals surface area contributed by atoms with Gasteiger partial charge < -0.3 is 5.11 Å². The van der Waals surface area contributed by atoms with Gasteiger partial charge in [0, 0.05) is 5.33 Å². The number of hydrogen-bond acceptors (Lipinski definition) is 1. The second-order valence-electron chi connectivity index (χ2n) is 3.83. The second-order valence-corrected chi connectivity index (χ2v) is 4.39. The van der Waals surface area contributed by atoms with Crippen LogP contribution in [0, 0.1) is 5.82 Å². The molecule has 2 nitrogen and oxygen atoms in total. The Morgan fingerprint density at radius 3 is 2.39 bits per heavy atom. The Kier molecular flexibility index (Phi) is 3.77. The Bertz CT molecular complexity index is 579. The van der Waals surface area contributed by atoms with E-state index < -0.39 is 5.97 Å². The molecular weight excluding hydrogens is 299 g/mol. The van der Waals surface area contributed by atoms with E-state index in [1.54, 1.807) is 30.3 Å². The highest BCUT2D eigenvalue weighted by atomic mass is 79.9. The van der Waals surface area contributed by atoms with Gasteiger partial charge in [0.25, 0.3) is 0 Å². The van der Waals surface area contributed by atoms with E-state index in [4.69, 9.17) is 5.11 Å². The van der Waals surface area contributed by atoms with Crippen LogP contribution < -0.4 is 0 Å². The number of carboxylic acid groups (broad SMARTS) is 1. The molecule has 0 amide bonds. The molecule has 1 N–H and O–H groups in total. The monoisotopic (exact) mass is 308 g/mol. The smallest absolute Gasteiger partial charge is 0.336 e. The summed E-state index contributed by atoms with van der Waals surface area (Å²) in [7, 11) is 0. The van der Waals surface area contributed by atoms with Gasteiger partial charge in [0.2, 0.25) is 0 Å². The molecule has 2 aromatic carbocycles. The number of rotatable bonds is 3. The Morgan fingerprint density at radius 1 is 1.17 bits per heavy atom. The predicted molar refractivity (Wildman–Crippen MR) is 71.4 cm³/mol. The van der Waals surface area contributed by atoms with E-state index in [1.165, 1.54) is 12.1 Å². The predicted octanol–water partition coefficient (Wildman–Crippen LogP) is 4.09. The summed E-state index contributed by atoms with van der Waals surface area (Å²) < 4.78 is 12.9. The first kappa shape index (κ1) is 12.8. The fraction of sp³-hybridized carbons (Fsp3) is 0.0714. The van der Waals surface area contributed by atoms with Crippen LogP contribution in [0.2, 0.25) is 0 Å². The zero-order valence-electron chi connectivity index (χ0n) is 9.36. The summed E-state index contributed by atoms with van der Waals surface area (Å²) in [5, 5.41) is 9.80. The zero-order chi connectivity index (χ0) is 13.1. The van der Waals surface area contributed by atoms with Crippen LogP contribution in [0.4, 0.5) is 4.39 Å². The third kappa shape index (κ3) is 2.59. The van der Waals surface area contributed by atoms with Crippen molar-refractivity contribution in [3.63, 3.8) is 0 Å². The van der Waals surface area contributed by atoms with Crippen LogP contribution >= 0.6 is 15.9 Å². The Labute approximate surface area is 112 Å². The normalized spacial score (nSPS) is 10.3. The fourth-order valence-corrected chi connectivity index (χ4v) is 2.08. The molecule has 92 valence electrons. The molecule has 0 aliphatic carbocycles. The van der Waals surface area contributed by atoms with Crippen LogP contribution in [0.3, 0.4) is 0 Å². The van der Waals surface area contributed by atoms with E-state index in [1.807, 2.05) is 0 Å². The number of benzene rings is 2. The summed E-state index contributed by atoms with van der Waals surface area (Å²) in [5.41, 5.74) is 2.47. The van der Waals surface area contributed by atoms with Crippen LogP contribution in [-0.4, -0.2) is 11.1 Å². The lowest BCUT2D eigenvalue weighted by molar-refractivity contribution is 0.0697. The summed E-state index contributed by atoms with van der Waals surface area (Å²) in [6.07, 6.45) is 0. The van der Waals surface area contributed by atoms with Crippen molar-refractivity contribution in [3.8, 4) is 11.1 Å². The number of halogens is 2. The summed E-state index contributed by atoms with van der Waals surface area (Å²) in [6.45, 7) is 0. The van der Waals surface area contributed by atoms with E-state index in [9.17, 15) is 9.18 Å². The third-order valence-electron chi connectivity index (χ3n) is 2.62. The topological polar surface area (TPSA) is 37.3 Å².